The first-order valence-electron chi connectivity index (χ1n) is 12.0. The molecule has 36 heavy (non-hydrogen) atoms. The van der Waals surface area contributed by atoms with Gasteiger partial charge in [-0.2, -0.15) is 13.2 Å². The summed E-state index contributed by atoms with van der Waals surface area (Å²) in [5, 5.41) is 2.97. The fourth-order valence-electron chi connectivity index (χ4n) is 5.38. The number of nitrogens with one attached hydrogen (secondary N) is 1. The molecule has 2 fully saturated rings. The first-order valence-corrected chi connectivity index (χ1v) is 12.0. The Hall–Kier alpha value is -3.76. The van der Waals surface area contributed by atoms with Crippen molar-refractivity contribution >= 4 is 29.0 Å². The summed E-state index contributed by atoms with van der Waals surface area (Å²) in [6.45, 7) is 1.87. The van der Waals surface area contributed by atoms with E-state index in [1.54, 1.807) is 34.2 Å². The minimum Gasteiger partial charge on any atom is -0.444 e. The zero-order valence-electron chi connectivity index (χ0n) is 19.4. The van der Waals surface area contributed by atoms with Crippen molar-refractivity contribution in [1.82, 2.24) is 9.97 Å². The molecule has 0 aliphatic carbocycles. The zero-order valence-corrected chi connectivity index (χ0v) is 19.4. The third-order valence-corrected chi connectivity index (χ3v) is 7.19. The van der Waals surface area contributed by atoms with Crippen LogP contribution in [0.5, 0.6) is 0 Å². The van der Waals surface area contributed by atoms with Gasteiger partial charge in [0.1, 0.15) is 5.82 Å². The van der Waals surface area contributed by atoms with Gasteiger partial charge in [-0.3, -0.25) is 4.90 Å². The number of alkyl halides is 3. The third kappa shape index (κ3) is 4.12. The highest BCUT2D eigenvalue weighted by molar-refractivity contribution is 6.05. The maximum absolute atomic E-state index is 13.5. The van der Waals surface area contributed by atoms with E-state index in [0.717, 1.165) is 24.2 Å². The third-order valence-electron chi connectivity index (χ3n) is 7.19. The van der Waals surface area contributed by atoms with Crippen LogP contribution < -0.4 is 20.0 Å². The summed E-state index contributed by atoms with van der Waals surface area (Å²) < 4.78 is 45.5. The van der Waals surface area contributed by atoms with Crippen molar-refractivity contribution in [2.75, 3.05) is 46.2 Å². The zero-order chi connectivity index (χ0) is 24.9. The molecule has 3 aromatic rings. The van der Waals surface area contributed by atoms with E-state index < -0.39 is 12.1 Å². The lowest BCUT2D eigenvalue weighted by Gasteiger charge is -2.38. The van der Waals surface area contributed by atoms with E-state index in [2.05, 4.69) is 15.2 Å². The van der Waals surface area contributed by atoms with Crippen LogP contribution >= 0.6 is 0 Å². The largest absolute Gasteiger partial charge is 0.444 e. The van der Waals surface area contributed by atoms with E-state index in [9.17, 15) is 18.0 Å². The summed E-state index contributed by atoms with van der Waals surface area (Å²) in [7, 11) is 0. The normalized spacial score (nSPS) is 21.5. The molecule has 2 atom stereocenters. The van der Waals surface area contributed by atoms with Crippen LogP contribution in [0, 0.1) is 5.92 Å². The lowest BCUT2D eigenvalue weighted by Crippen LogP contribution is -2.48. The van der Waals surface area contributed by atoms with Crippen molar-refractivity contribution in [3.05, 3.63) is 49.0 Å². The molecular weight excluding hydrogens is 473 g/mol. The molecular formula is C25H25F3N6O2. The predicted molar refractivity (Wildman–Crippen MR) is 129 cm³/mol. The van der Waals surface area contributed by atoms with Gasteiger partial charge in [-0.05, 0) is 43.5 Å². The van der Waals surface area contributed by atoms with Crippen molar-refractivity contribution in [1.29, 1.82) is 0 Å². The summed E-state index contributed by atoms with van der Waals surface area (Å²) in [4.78, 5) is 27.8. The number of urea groups is 1. The summed E-state index contributed by atoms with van der Waals surface area (Å²) in [5.74, 6) is 0.167. The summed E-state index contributed by atoms with van der Waals surface area (Å²) in [6.07, 6.45) is 0.0801. The Labute approximate surface area is 205 Å². The van der Waals surface area contributed by atoms with Gasteiger partial charge < -0.3 is 19.5 Å². The minimum atomic E-state index is -4.23. The van der Waals surface area contributed by atoms with Gasteiger partial charge in [-0.15, -0.1) is 0 Å². The van der Waals surface area contributed by atoms with Crippen molar-refractivity contribution in [2.24, 2.45) is 5.92 Å². The van der Waals surface area contributed by atoms with Crippen LogP contribution in [0.15, 0.2) is 53.4 Å². The number of fused-ring (bicyclic) bond motifs is 4. The number of oxazole rings is 1. The number of carbonyl (C=O) groups excluding carboxylic acids is 1. The molecule has 0 saturated carbocycles. The van der Waals surface area contributed by atoms with Gasteiger partial charge in [-0.25, -0.2) is 14.8 Å². The fourth-order valence-corrected chi connectivity index (χ4v) is 5.38. The first-order chi connectivity index (χ1) is 17.4. The Morgan fingerprint density at radius 2 is 1.97 bits per heavy atom. The predicted octanol–water partition coefficient (Wildman–Crippen LogP) is 5.15. The standard InChI is InChI=1S/C25H25F3N6O2/c26-25(27,28)17-4-2-9-33(13-17)22-7-6-20-23(31-22)34(19-8-10-32(20)14-19)24(35)30-18-5-1-3-16(11-18)21-12-29-15-36-21/h1,3,5-7,11-12,15,17,19H,2,4,8-10,13-14H2,(H,30,35)/t17-,19?/m1/s1. The molecule has 2 aromatic heterocycles. The molecule has 1 unspecified atom stereocenters. The summed E-state index contributed by atoms with van der Waals surface area (Å²) in [5.41, 5.74) is 2.19. The molecule has 11 heteroatoms. The quantitative estimate of drug-likeness (QED) is 0.539. The van der Waals surface area contributed by atoms with Crippen LogP contribution in [0.3, 0.4) is 0 Å². The number of halogens is 3. The van der Waals surface area contributed by atoms with Crippen molar-refractivity contribution < 1.29 is 22.4 Å². The van der Waals surface area contributed by atoms with Gasteiger partial charge in [0.25, 0.3) is 0 Å². The van der Waals surface area contributed by atoms with Gasteiger partial charge in [0, 0.05) is 37.4 Å². The Morgan fingerprint density at radius 1 is 1.08 bits per heavy atom. The van der Waals surface area contributed by atoms with Crippen LogP contribution in [-0.2, 0) is 0 Å². The van der Waals surface area contributed by atoms with Gasteiger partial charge in [0.2, 0.25) is 0 Å². The number of rotatable bonds is 3. The number of benzene rings is 1. The van der Waals surface area contributed by atoms with E-state index in [4.69, 9.17) is 9.40 Å². The maximum atomic E-state index is 13.5. The SMILES string of the molecule is O=C(Nc1cccc(-c2cnco2)c1)N1c2nc(N3CCC[C@@H](C(F)(F)F)C3)ccc2N2CCC1C2. The van der Waals surface area contributed by atoms with Gasteiger partial charge in [0.15, 0.2) is 18.0 Å². The average Bonchev–Trinajstić information content (AvgIpc) is 3.55. The minimum absolute atomic E-state index is 0.0676. The topological polar surface area (TPSA) is 77.7 Å². The lowest BCUT2D eigenvalue weighted by atomic mass is 9.97. The molecule has 0 spiro atoms. The van der Waals surface area contributed by atoms with Crippen LogP contribution in [0.2, 0.25) is 0 Å². The van der Waals surface area contributed by atoms with E-state index in [1.165, 1.54) is 6.39 Å². The number of carbonyl (C=O) groups is 1. The number of hydrogen-bond donors (Lipinski definition) is 1. The van der Waals surface area contributed by atoms with Crippen molar-refractivity contribution in [3.8, 4) is 11.3 Å². The Kier molecular flexibility index (Phi) is 5.50. The molecule has 2 bridgehead atoms. The number of pyridine rings is 1. The van der Waals surface area contributed by atoms with Gasteiger partial charge in [0.05, 0.1) is 23.8 Å². The highest BCUT2D eigenvalue weighted by Gasteiger charge is 2.43. The smallest absolute Gasteiger partial charge is 0.393 e. The molecule has 0 radical (unpaired) electrons. The second kappa shape index (κ2) is 8.72. The molecule has 3 aliphatic rings. The lowest BCUT2D eigenvalue weighted by molar-refractivity contribution is -0.176. The van der Waals surface area contributed by atoms with Crippen LogP contribution in [0.4, 0.5) is 41.0 Å². The van der Waals surface area contributed by atoms with Crippen molar-refractivity contribution in [3.63, 3.8) is 0 Å². The molecule has 1 N–H and O–H groups in total. The molecule has 2 amide bonds. The summed E-state index contributed by atoms with van der Waals surface area (Å²) in [6, 6.07) is 10.5. The van der Waals surface area contributed by atoms with E-state index >= 15 is 0 Å². The van der Waals surface area contributed by atoms with E-state index in [0.29, 0.717) is 42.6 Å². The second-order valence-electron chi connectivity index (χ2n) is 9.47. The van der Waals surface area contributed by atoms with Gasteiger partial charge in [-0.1, -0.05) is 12.1 Å². The Bertz CT molecular complexity index is 1260. The Balaban J connectivity index is 1.28. The van der Waals surface area contributed by atoms with Gasteiger partial charge >= 0.3 is 12.2 Å². The van der Waals surface area contributed by atoms with Crippen LogP contribution in [0.1, 0.15) is 19.3 Å². The van der Waals surface area contributed by atoms with Crippen LogP contribution in [-0.4, -0.2) is 54.4 Å². The summed E-state index contributed by atoms with van der Waals surface area (Å²) >= 11 is 0. The molecule has 188 valence electrons. The van der Waals surface area contributed by atoms with E-state index in [1.807, 2.05) is 18.2 Å². The Morgan fingerprint density at radius 3 is 2.78 bits per heavy atom. The monoisotopic (exact) mass is 498 g/mol. The number of hydrogen-bond acceptors (Lipinski definition) is 6. The highest BCUT2D eigenvalue weighted by Crippen LogP contribution is 2.41. The number of piperidine rings is 1. The molecule has 6 rings (SSSR count). The van der Waals surface area contributed by atoms with Crippen molar-refractivity contribution in [2.45, 2.75) is 31.5 Å². The van der Waals surface area contributed by atoms with Crippen LogP contribution in [0.25, 0.3) is 11.3 Å². The number of amides is 2. The number of anilines is 4. The average molecular weight is 499 g/mol. The van der Waals surface area contributed by atoms with E-state index in [-0.39, 0.29) is 25.0 Å². The maximum Gasteiger partial charge on any atom is 0.393 e. The molecule has 1 aromatic carbocycles. The second-order valence-corrected chi connectivity index (χ2v) is 9.47. The fraction of sp³-hybridized carbons (Fsp3) is 0.400. The highest BCUT2D eigenvalue weighted by atomic mass is 19.4. The molecule has 2 saturated heterocycles. The molecule has 5 heterocycles. The molecule has 3 aliphatic heterocycles. The molecule has 8 nitrogen and oxygen atoms in total. The number of nitrogens with zero attached hydrogens (tertiary/aromatic N) is 5. The number of aromatic nitrogens is 2. The first kappa shape index (κ1) is 22.7.